The number of hydrogen-bond acceptors (Lipinski definition) is 3. The number of aldehydes is 1. The number of aromatic nitrogens is 2. The number of carboxylic acid groups (broad SMARTS) is 1. The van der Waals surface area contributed by atoms with Crippen molar-refractivity contribution >= 4 is 18.1 Å². The van der Waals surface area contributed by atoms with Crippen molar-refractivity contribution in [2.24, 2.45) is 0 Å². The van der Waals surface area contributed by atoms with E-state index in [2.05, 4.69) is 10.4 Å². The SMILES string of the molecule is CC(C)(C)n1ncc(NC(=O)O)c1C=O. The highest BCUT2D eigenvalue weighted by Crippen LogP contribution is 2.20. The van der Waals surface area contributed by atoms with Gasteiger partial charge in [0.15, 0.2) is 6.29 Å². The summed E-state index contributed by atoms with van der Waals surface area (Å²) in [6.45, 7) is 5.62. The topological polar surface area (TPSA) is 84.2 Å². The van der Waals surface area contributed by atoms with Crippen LogP contribution in [0.1, 0.15) is 31.3 Å². The van der Waals surface area contributed by atoms with Crippen LogP contribution in [0.15, 0.2) is 6.20 Å². The number of carbonyl (C=O) groups is 2. The second kappa shape index (κ2) is 3.72. The number of anilines is 1. The van der Waals surface area contributed by atoms with Gasteiger partial charge in [0.2, 0.25) is 0 Å². The maximum absolute atomic E-state index is 10.8. The maximum Gasteiger partial charge on any atom is 0.409 e. The zero-order chi connectivity index (χ0) is 11.6. The van der Waals surface area contributed by atoms with Gasteiger partial charge in [0.05, 0.1) is 17.4 Å². The molecule has 0 aromatic carbocycles. The van der Waals surface area contributed by atoms with Gasteiger partial charge in [0.1, 0.15) is 5.69 Å². The molecule has 1 heterocycles. The molecule has 1 amide bonds. The quantitative estimate of drug-likeness (QED) is 0.726. The van der Waals surface area contributed by atoms with E-state index in [0.717, 1.165) is 0 Å². The Hall–Kier alpha value is -1.85. The fourth-order valence-corrected chi connectivity index (χ4v) is 1.22. The Bertz CT molecular complexity index is 390. The van der Waals surface area contributed by atoms with E-state index in [-0.39, 0.29) is 16.9 Å². The highest BCUT2D eigenvalue weighted by Gasteiger charge is 2.21. The smallest absolute Gasteiger partial charge is 0.409 e. The Morgan fingerprint density at radius 2 is 2.20 bits per heavy atom. The monoisotopic (exact) mass is 211 g/mol. The van der Waals surface area contributed by atoms with E-state index in [9.17, 15) is 9.59 Å². The van der Waals surface area contributed by atoms with Crippen LogP contribution in [-0.2, 0) is 5.54 Å². The summed E-state index contributed by atoms with van der Waals surface area (Å²) in [5.41, 5.74) is 0.0617. The molecule has 2 N–H and O–H groups in total. The van der Waals surface area contributed by atoms with Crippen LogP contribution in [0.25, 0.3) is 0 Å². The number of nitrogens with zero attached hydrogens (tertiary/aromatic N) is 2. The first-order chi connectivity index (χ1) is 6.86. The molecule has 0 unspecified atom stereocenters. The molecule has 6 heteroatoms. The third-order valence-corrected chi connectivity index (χ3v) is 1.80. The Kier molecular flexibility index (Phi) is 2.78. The van der Waals surface area contributed by atoms with E-state index in [0.29, 0.717) is 6.29 Å². The largest absolute Gasteiger partial charge is 0.465 e. The van der Waals surface area contributed by atoms with Crippen LogP contribution in [0.3, 0.4) is 0 Å². The number of amides is 1. The lowest BCUT2D eigenvalue weighted by atomic mass is 10.1. The molecule has 0 aliphatic carbocycles. The summed E-state index contributed by atoms with van der Waals surface area (Å²) in [5.74, 6) is 0. The summed E-state index contributed by atoms with van der Waals surface area (Å²) in [6, 6.07) is 0. The zero-order valence-corrected chi connectivity index (χ0v) is 8.81. The molecule has 15 heavy (non-hydrogen) atoms. The van der Waals surface area contributed by atoms with Crippen LogP contribution in [-0.4, -0.2) is 27.3 Å². The summed E-state index contributed by atoms with van der Waals surface area (Å²) in [5, 5.41) is 14.6. The molecule has 82 valence electrons. The molecule has 0 aliphatic rings. The first kappa shape index (κ1) is 11.2. The van der Waals surface area contributed by atoms with Crippen molar-refractivity contribution in [3.05, 3.63) is 11.9 Å². The molecule has 0 atom stereocenters. The highest BCUT2D eigenvalue weighted by atomic mass is 16.4. The van der Waals surface area contributed by atoms with Crippen molar-refractivity contribution in [3.8, 4) is 0 Å². The van der Waals surface area contributed by atoms with Crippen molar-refractivity contribution < 1.29 is 14.7 Å². The zero-order valence-electron chi connectivity index (χ0n) is 8.81. The van der Waals surface area contributed by atoms with E-state index < -0.39 is 6.09 Å². The molecule has 0 saturated heterocycles. The fraction of sp³-hybridized carbons (Fsp3) is 0.444. The number of rotatable bonds is 2. The molecule has 1 rings (SSSR count). The number of carbonyl (C=O) groups excluding carboxylic acids is 1. The van der Waals surface area contributed by atoms with Gasteiger partial charge in [-0.15, -0.1) is 0 Å². The van der Waals surface area contributed by atoms with Gasteiger partial charge in [-0.1, -0.05) is 0 Å². The lowest BCUT2D eigenvalue weighted by molar-refractivity contribution is 0.110. The predicted octanol–water partition coefficient (Wildman–Crippen LogP) is 1.54. The van der Waals surface area contributed by atoms with Crippen LogP contribution in [0, 0.1) is 0 Å². The fourth-order valence-electron chi connectivity index (χ4n) is 1.22. The summed E-state index contributed by atoms with van der Waals surface area (Å²) in [6.07, 6.45) is 0.693. The van der Waals surface area contributed by atoms with E-state index in [1.165, 1.54) is 10.9 Å². The van der Waals surface area contributed by atoms with Gasteiger partial charge in [0, 0.05) is 0 Å². The summed E-state index contributed by atoms with van der Waals surface area (Å²) in [4.78, 5) is 21.3. The van der Waals surface area contributed by atoms with Crippen molar-refractivity contribution in [1.29, 1.82) is 0 Å². The van der Waals surface area contributed by atoms with Crippen LogP contribution in [0.5, 0.6) is 0 Å². The van der Waals surface area contributed by atoms with Crippen LogP contribution in [0.2, 0.25) is 0 Å². The Labute approximate surface area is 86.9 Å². The van der Waals surface area contributed by atoms with Crippen molar-refractivity contribution in [3.63, 3.8) is 0 Å². The van der Waals surface area contributed by atoms with Crippen LogP contribution < -0.4 is 5.32 Å². The lowest BCUT2D eigenvalue weighted by Gasteiger charge is -2.20. The Balaban J connectivity index is 3.17. The van der Waals surface area contributed by atoms with E-state index >= 15 is 0 Å². The minimum absolute atomic E-state index is 0.201. The van der Waals surface area contributed by atoms with Crippen molar-refractivity contribution in [1.82, 2.24) is 9.78 Å². The molecule has 1 aromatic heterocycles. The predicted molar refractivity (Wildman–Crippen MR) is 54.3 cm³/mol. The van der Waals surface area contributed by atoms with Gasteiger partial charge in [-0.2, -0.15) is 5.10 Å². The third-order valence-electron chi connectivity index (χ3n) is 1.80. The van der Waals surface area contributed by atoms with Gasteiger partial charge >= 0.3 is 6.09 Å². The second-order valence-electron chi connectivity index (χ2n) is 4.07. The third kappa shape index (κ3) is 2.34. The minimum atomic E-state index is -1.22. The molecular weight excluding hydrogens is 198 g/mol. The molecule has 0 saturated carbocycles. The van der Waals surface area contributed by atoms with Crippen LogP contribution in [0.4, 0.5) is 10.5 Å². The molecule has 0 aliphatic heterocycles. The average Bonchev–Trinajstić information content (AvgIpc) is 2.45. The van der Waals surface area contributed by atoms with E-state index in [1.54, 1.807) is 0 Å². The normalized spacial score (nSPS) is 11.1. The van der Waals surface area contributed by atoms with Gasteiger partial charge < -0.3 is 5.11 Å². The molecule has 0 bridgehead atoms. The lowest BCUT2D eigenvalue weighted by Crippen LogP contribution is -2.25. The minimum Gasteiger partial charge on any atom is -0.465 e. The van der Waals surface area contributed by atoms with Crippen molar-refractivity contribution in [2.45, 2.75) is 26.3 Å². The van der Waals surface area contributed by atoms with E-state index in [4.69, 9.17) is 5.11 Å². The van der Waals surface area contributed by atoms with Gasteiger partial charge in [-0.05, 0) is 20.8 Å². The number of hydrogen-bond donors (Lipinski definition) is 2. The first-order valence-electron chi connectivity index (χ1n) is 4.40. The van der Waals surface area contributed by atoms with Gasteiger partial charge in [0.25, 0.3) is 0 Å². The van der Waals surface area contributed by atoms with Gasteiger partial charge in [-0.3, -0.25) is 14.8 Å². The van der Waals surface area contributed by atoms with Crippen molar-refractivity contribution in [2.75, 3.05) is 5.32 Å². The molecule has 0 fully saturated rings. The van der Waals surface area contributed by atoms with Gasteiger partial charge in [-0.25, -0.2) is 4.79 Å². The molecular formula is C9H13N3O3. The number of nitrogens with one attached hydrogen (secondary N) is 1. The maximum atomic E-state index is 10.8. The summed E-state index contributed by atoms with van der Waals surface area (Å²) >= 11 is 0. The van der Waals surface area contributed by atoms with Crippen LogP contribution >= 0.6 is 0 Å². The average molecular weight is 211 g/mol. The molecule has 0 radical (unpaired) electrons. The molecule has 1 aromatic rings. The molecule has 6 nitrogen and oxygen atoms in total. The second-order valence-corrected chi connectivity index (χ2v) is 4.07. The Morgan fingerprint density at radius 3 is 2.60 bits per heavy atom. The standard InChI is InChI=1S/C9H13N3O3/c1-9(2,3)12-7(5-13)6(4-10-12)11-8(14)15/h4-5,11H,1-3H3,(H,14,15). The Morgan fingerprint density at radius 1 is 1.60 bits per heavy atom. The first-order valence-corrected chi connectivity index (χ1v) is 4.40. The summed E-state index contributed by atoms with van der Waals surface area (Å²) in [7, 11) is 0. The molecule has 0 spiro atoms. The summed E-state index contributed by atoms with van der Waals surface area (Å²) < 4.78 is 1.48. The van der Waals surface area contributed by atoms with E-state index in [1.807, 2.05) is 20.8 Å². The highest BCUT2D eigenvalue weighted by molar-refractivity contribution is 5.90.